The van der Waals surface area contributed by atoms with Crippen molar-refractivity contribution in [1.29, 1.82) is 0 Å². The Morgan fingerprint density at radius 2 is 1.83 bits per heavy atom. The van der Waals surface area contributed by atoms with Crippen molar-refractivity contribution < 1.29 is 23.8 Å². The normalized spacial score (nSPS) is 10.7. The number of aryl methyl sites for hydroxylation is 2. The van der Waals surface area contributed by atoms with Gasteiger partial charge in [0.2, 0.25) is 0 Å². The van der Waals surface area contributed by atoms with E-state index in [-0.39, 0.29) is 18.8 Å². The van der Waals surface area contributed by atoms with E-state index < -0.39 is 18.5 Å². The first kappa shape index (κ1) is 21.0. The number of methoxy groups -OCH3 is 2. The third-order valence-electron chi connectivity index (χ3n) is 4.27. The van der Waals surface area contributed by atoms with Gasteiger partial charge in [0.1, 0.15) is 6.42 Å². The SMILES string of the molecule is COc1ccc(CNC(=O)COC(=O)Cc2nc3nc(C)cc(C)n3n2)cc1OC. The van der Waals surface area contributed by atoms with Crippen LogP contribution in [0.1, 0.15) is 22.8 Å². The molecule has 3 aromatic rings. The molecule has 0 unspecified atom stereocenters. The first-order valence-corrected chi connectivity index (χ1v) is 9.22. The molecule has 1 N–H and O–H groups in total. The number of hydrogen-bond acceptors (Lipinski definition) is 8. The maximum Gasteiger partial charge on any atom is 0.314 e. The zero-order valence-corrected chi connectivity index (χ0v) is 17.3. The van der Waals surface area contributed by atoms with Crippen LogP contribution in [0.15, 0.2) is 24.3 Å². The van der Waals surface area contributed by atoms with Crippen molar-refractivity contribution in [3.63, 3.8) is 0 Å². The molecule has 10 heteroatoms. The van der Waals surface area contributed by atoms with Gasteiger partial charge in [0.05, 0.1) is 14.2 Å². The number of carbonyl (C=O) groups excluding carboxylic acids is 2. The molecule has 0 aliphatic carbocycles. The number of fused-ring (bicyclic) bond motifs is 1. The molecule has 0 spiro atoms. The average molecular weight is 413 g/mol. The predicted molar refractivity (Wildman–Crippen MR) is 106 cm³/mol. The summed E-state index contributed by atoms with van der Waals surface area (Å²) in [4.78, 5) is 32.5. The lowest BCUT2D eigenvalue weighted by Crippen LogP contribution is -2.28. The summed E-state index contributed by atoms with van der Waals surface area (Å²) < 4.78 is 17.0. The van der Waals surface area contributed by atoms with E-state index in [1.165, 1.54) is 7.11 Å². The van der Waals surface area contributed by atoms with Crippen molar-refractivity contribution >= 4 is 17.7 Å². The fourth-order valence-electron chi connectivity index (χ4n) is 2.85. The summed E-state index contributed by atoms with van der Waals surface area (Å²) in [7, 11) is 3.09. The molecule has 0 radical (unpaired) electrons. The lowest BCUT2D eigenvalue weighted by atomic mass is 10.2. The number of amides is 1. The highest BCUT2D eigenvalue weighted by molar-refractivity contribution is 5.81. The van der Waals surface area contributed by atoms with Crippen molar-refractivity contribution in [2.45, 2.75) is 26.8 Å². The fraction of sp³-hybridized carbons (Fsp3) is 0.350. The van der Waals surface area contributed by atoms with E-state index in [0.29, 0.717) is 17.3 Å². The second-order valence-corrected chi connectivity index (χ2v) is 6.58. The minimum absolute atomic E-state index is 0.148. The van der Waals surface area contributed by atoms with Crippen LogP contribution in [0.25, 0.3) is 5.78 Å². The number of esters is 1. The van der Waals surface area contributed by atoms with Gasteiger partial charge in [-0.1, -0.05) is 6.07 Å². The molecule has 0 saturated carbocycles. The molecule has 1 amide bonds. The third-order valence-corrected chi connectivity index (χ3v) is 4.27. The van der Waals surface area contributed by atoms with Crippen molar-refractivity contribution in [2.24, 2.45) is 0 Å². The molecular weight excluding hydrogens is 390 g/mol. The first-order valence-electron chi connectivity index (χ1n) is 9.22. The van der Waals surface area contributed by atoms with Crippen LogP contribution in [-0.4, -0.2) is 52.3 Å². The monoisotopic (exact) mass is 413 g/mol. The fourth-order valence-corrected chi connectivity index (χ4v) is 2.85. The number of nitrogens with one attached hydrogen (secondary N) is 1. The van der Waals surface area contributed by atoms with Crippen LogP contribution >= 0.6 is 0 Å². The Hall–Kier alpha value is -3.69. The second-order valence-electron chi connectivity index (χ2n) is 6.58. The summed E-state index contributed by atoms with van der Waals surface area (Å²) >= 11 is 0. The Kier molecular flexibility index (Phi) is 6.45. The number of hydrogen-bond donors (Lipinski definition) is 1. The maximum atomic E-state index is 12.0. The van der Waals surface area contributed by atoms with Gasteiger partial charge in [0.15, 0.2) is 23.9 Å². The molecule has 0 fully saturated rings. The number of nitrogens with zero attached hydrogens (tertiary/aromatic N) is 4. The molecule has 30 heavy (non-hydrogen) atoms. The lowest BCUT2D eigenvalue weighted by Gasteiger charge is -2.10. The van der Waals surface area contributed by atoms with Gasteiger partial charge in [0.25, 0.3) is 11.7 Å². The molecule has 158 valence electrons. The van der Waals surface area contributed by atoms with E-state index in [1.807, 2.05) is 19.9 Å². The van der Waals surface area contributed by atoms with Gasteiger partial charge in [-0.2, -0.15) is 4.98 Å². The van der Waals surface area contributed by atoms with E-state index in [2.05, 4.69) is 20.4 Å². The quantitative estimate of drug-likeness (QED) is 0.547. The van der Waals surface area contributed by atoms with Crippen LogP contribution < -0.4 is 14.8 Å². The van der Waals surface area contributed by atoms with Gasteiger partial charge in [-0.15, -0.1) is 5.10 Å². The summed E-state index contributed by atoms with van der Waals surface area (Å²) in [5.41, 5.74) is 2.49. The summed E-state index contributed by atoms with van der Waals surface area (Å²) in [6.45, 7) is 3.60. The Bertz CT molecular complexity index is 1080. The van der Waals surface area contributed by atoms with Gasteiger partial charge in [-0.05, 0) is 37.6 Å². The van der Waals surface area contributed by atoms with Gasteiger partial charge >= 0.3 is 5.97 Å². The van der Waals surface area contributed by atoms with Gasteiger partial charge in [0, 0.05) is 17.9 Å². The minimum atomic E-state index is -0.596. The molecule has 2 heterocycles. The number of carbonyl (C=O) groups is 2. The van der Waals surface area contributed by atoms with Gasteiger partial charge in [-0.25, -0.2) is 9.50 Å². The summed E-state index contributed by atoms with van der Waals surface area (Å²) in [6, 6.07) is 7.19. The van der Waals surface area contributed by atoms with Crippen LogP contribution in [0.3, 0.4) is 0 Å². The van der Waals surface area contributed by atoms with E-state index in [4.69, 9.17) is 14.2 Å². The highest BCUT2D eigenvalue weighted by Gasteiger charge is 2.14. The molecule has 0 bridgehead atoms. The third kappa shape index (κ3) is 5.02. The summed E-state index contributed by atoms with van der Waals surface area (Å²) in [6.07, 6.45) is -0.148. The Labute approximate surface area is 173 Å². The molecule has 0 aliphatic heterocycles. The van der Waals surface area contributed by atoms with Crippen LogP contribution in [0.4, 0.5) is 0 Å². The molecule has 0 aliphatic rings. The van der Waals surface area contributed by atoms with Crippen LogP contribution in [0, 0.1) is 13.8 Å². The number of aromatic nitrogens is 4. The maximum absolute atomic E-state index is 12.0. The predicted octanol–water partition coefficient (Wildman–Crippen LogP) is 1.16. The van der Waals surface area contributed by atoms with Crippen molar-refractivity contribution in [2.75, 3.05) is 20.8 Å². The lowest BCUT2D eigenvalue weighted by molar-refractivity contribution is -0.148. The van der Waals surface area contributed by atoms with Crippen molar-refractivity contribution in [3.05, 3.63) is 47.0 Å². The second kappa shape index (κ2) is 9.21. The largest absolute Gasteiger partial charge is 0.493 e. The minimum Gasteiger partial charge on any atom is -0.493 e. The zero-order valence-electron chi connectivity index (χ0n) is 17.3. The van der Waals surface area contributed by atoms with E-state index in [0.717, 1.165) is 17.0 Å². The van der Waals surface area contributed by atoms with Crippen LogP contribution in [-0.2, 0) is 27.3 Å². The Morgan fingerprint density at radius 3 is 2.57 bits per heavy atom. The Balaban J connectivity index is 1.49. The number of rotatable bonds is 8. The highest BCUT2D eigenvalue weighted by atomic mass is 16.5. The molecule has 3 rings (SSSR count). The highest BCUT2D eigenvalue weighted by Crippen LogP contribution is 2.27. The summed E-state index contributed by atoms with van der Waals surface area (Å²) in [5.74, 6) is 0.851. The molecule has 1 aromatic carbocycles. The average Bonchev–Trinajstić information content (AvgIpc) is 3.12. The van der Waals surface area contributed by atoms with E-state index >= 15 is 0 Å². The summed E-state index contributed by atoms with van der Waals surface area (Å²) in [5, 5.41) is 6.93. The molecule has 10 nitrogen and oxygen atoms in total. The standard InChI is InChI=1S/C20H23N5O5/c1-12-7-13(2)25-20(22-12)23-17(24-25)9-19(27)30-11-18(26)21-10-14-5-6-15(28-3)16(8-14)29-4/h5-8H,9-11H2,1-4H3,(H,21,26). The van der Waals surface area contributed by atoms with Crippen molar-refractivity contribution in [1.82, 2.24) is 24.9 Å². The molecule has 2 aromatic heterocycles. The first-order chi connectivity index (χ1) is 14.4. The van der Waals surface area contributed by atoms with Crippen LogP contribution in [0.5, 0.6) is 11.5 Å². The number of ether oxygens (including phenoxy) is 3. The van der Waals surface area contributed by atoms with E-state index in [1.54, 1.807) is 29.8 Å². The van der Waals surface area contributed by atoms with Gasteiger partial charge < -0.3 is 19.5 Å². The Morgan fingerprint density at radius 1 is 1.07 bits per heavy atom. The smallest absolute Gasteiger partial charge is 0.314 e. The molecular formula is C20H23N5O5. The molecule has 0 saturated heterocycles. The van der Waals surface area contributed by atoms with Crippen LogP contribution in [0.2, 0.25) is 0 Å². The van der Waals surface area contributed by atoms with E-state index in [9.17, 15) is 9.59 Å². The number of benzene rings is 1. The zero-order chi connectivity index (χ0) is 21.7. The molecule has 0 atom stereocenters. The van der Waals surface area contributed by atoms with Crippen molar-refractivity contribution in [3.8, 4) is 11.5 Å². The topological polar surface area (TPSA) is 117 Å². The van der Waals surface area contributed by atoms with Gasteiger partial charge in [-0.3, -0.25) is 9.59 Å².